The van der Waals surface area contributed by atoms with Crippen LogP contribution in [0.3, 0.4) is 0 Å². The Balaban J connectivity index is 1.92. The second-order valence-electron chi connectivity index (χ2n) is 5.70. The Morgan fingerprint density at radius 1 is 0.944 bits per heavy atom. The molecule has 0 saturated heterocycles. The summed E-state index contributed by atoms with van der Waals surface area (Å²) in [5, 5.41) is 12.1. The second-order valence-corrected chi connectivity index (χ2v) is 5.70. The maximum absolute atomic E-state index is 12.0. The standard InChI is InChI=1S/C14H23NO3/c16-13(11-8-4-5-9-11)15-12(14(17)18)10-6-2-1-3-7-10/h10-12H,1-9H2,(H,15,16)(H,17,18). The van der Waals surface area contributed by atoms with Crippen molar-refractivity contribution in [2.75, 3.05) is 0 Å². The molecule has 2 N–H and O–H groups in total. The fourth-order valence-corrected chi connectivity index (χ4v) is 3.31. The first-order valence-corrected chi connectivity index (χ1v) is 7.21. The van der Waals surface area contributed by atoms with E-state index in [0.717, 1.165) is 51.4 Å². The highest BCUT2D eigenvalue weighted by molar-refractivity contribution is 5.85. The van der Waals surface area contributed by atoms with Gasteiger partial charge in [0.1, 0.15) is 6.04 Å². The molecule has 0 aliphatic heterocycles. The van der Waals surface area contributed by atoms with E-state index in [1.807, 2.05) is 0 Å². The van der Waals surface area contributed by atoms with Crippen LogP contribution < -0.4 is 5.32 Å². The molecule has 0 spiro atoms. The molecule has 1 atom stereocenters. The average molecular weight is 253 g/mol. The van der Waals surface area contributed by atoms with Crippen LogP contribution in [0, 0.1) is 11.8 Å². The van der Waals surface area contributed by atoms with Gasteiger partial charge in [-0.1, -0.05) is 32.1 Å². The van der Waals surface area contributed by atoms with Crippen LogP contribution in [0.1, 0.15) is 57.8 Å². The van der Waals surface area contributed by atoms with Crippen molar-refractivity contribution in [1.29, 1.82) is 0 Å². The Hall–Kier alpha value is -1.06. The van der Waals surface area contributed by atoms with Gasteiger partial charge in [-0.15, -0.1) is 0 Å². The predicted molar refractivity (Wildman–Crippen MR) is 68.1 cm³/mol. The minimum absolute atomic E-state index is 0.0366. The largest absolute Gasteiger partial charge is 0.480 e. The maximum Gasteiger partial charge on any atom is 0.326 e. The molecule has 0 radical (unpaired) electrons. The summed E-state index contributed by atoms with van der Waals surface area (Å²) < 4.78 is 0. The lowest BCUT2D eigenvalue weighted by Gasteiger charge is -2.28. The molecule has 102 valence electrons. The summed E-state index contributed by atoms with van der Waals surface area (Å²) in [4.78, 5) is 23.4. The van der Waals surface area contributed by atoms with Gasteiger partial charge < -0.3 is 10.4 Å². The van der Waals surface area contributed by atoms with Crippen molar-refractivity contribution in [2.45, 2.75) is 63.8 Å². The molecule has 1 amide bonds. The van der Waals surface area contributed by atoms with Crippen LogP contribution in [0.5, 0.6) is 0 Å². The van der Waals surface area contributed by atoms with E-state index in [-0.39, 0.29) is 17.7 Å². The molecule has 2 saturated carbocycles. The number of carbonyl (C=O) groups excluding carboxylic acids is 1. The van der Waals surface area contributed by atoms with Crippen LogP contribution >= 0.6 is 0 Å². The number of carboxylic acids is 1. The summed E-state index contributed by atoms with van der Waals surface area (Å²) in [7, 11) is 0. The number of amides is 1. The van der Waals surface area contributed by atoms with Crippen LogP contribution in [0.2, 0.25) is 0 Å². The number of hydrogen-bond donors (Lipinski definition) is 2. The van der Waals surface area contributed by atoms with Crippen LogP contribution in [-0.4, -0.2) is 23.0 Å². The minimum atomic E-state index is -0.867. The highest BCUT2D eigenvalue weighted by Crippen LogP contribution is 2.28. The molecule has 2 aliphatic carbocycles. The molecule has 0 aromatic carbocycles. The number of nitrogens with one attached hydrogen (secondary N) is 1. The molecule has 2 rings (SSSR count). The molecule has 0 aromatic heterocycles. The number of aliphatic carboxylic acids is 1. The van der Waals surface area contributed by atoms with Crippen molar-refractivity contribution >= 4 is 11.9 Å². The van der Waals surface area contributed by atoms with E-state index in [9.17, 15) is 14.7 Å². The van der Waals surface area contributed by atoms with Gasteiger partial charge in [0.25, 0.3) is 0 Å². The lowest BCUT2D eigenvalue weighted by molar-refractivity contribution is -0.144. The van der Waals surface area contributed by atoms with E-state index in [0.29, 0.717) is 0 Å². The molecular weight excluding hydrogens is 230 g/mol. The number of carboxylic acid groups (broad SMARTS) is 1. The molecule has 2 fully saturated rings. The molecule has 0 aromatic rings. The van der Waals surface area contributed by atoms with E-state index < -0.39 is 12.0 Å². The van der Waals surface area contributed by atoms with E-state index in [1.165, 1.54) is 6.42 Å². The van der Waals surface area contributed by atoms with Crippen molar-refractivity contribution in [3.8, 4) is 0 Å². The summed E-state index contributed by atoms with van der Waals surface area (Å²) >= 11 is 0. The number of rotatable bonds is 4. The summed E-state index contributed by atoms with van der Waals surface area (Å²) in [5.41, 5.74) is 0. The van der Waals surface area contributed by atoms with Crippen LogP contribution in [0.15, 0.2) is 0 Å². The van der Waals surface area contributed by atoms with Crippen molar-refractivity contribution in [1.82, 2.24) is 5.32 Å². The van der Waals surface area contributed by atoms with Gasteiger partial charge in [0.05, 0.1) is 0 Å². The predicted octanol–water partition coefficient (Wildman–Crippen LogP) is 2.33. The van der Waals surface area contributed by atoms with Crippen LogP contribution in [0.4, 0.5) is 0 Å². The normalized spacial score (nSPS) is 23.8. The number of carbonyl (C=O) groups is 2. The zero-order valence-corrected chi connectivity index (χ0v) is 10.9. The lowest BCUT2D eigenvalue weighted by atomic mass is 9.83. The zero-order chi connectivity index (χ0) is 13.0. The van der Waals surface area contributed by atoms with Gasteiger partial charge in [-0.2, -0.15) is 0 Å². The Morgan fingerprint density at radius 3 is 2.06 bits per heavy atom. The van der Waals surface area contributed by atoms with E-state index >= 15 is 0 Å². The lowest BCUT2D eigenvalue weighted by Crippen LogP contribution is -2.48. The highest BCUT2D eigenvalue weighted by Gasteiger charge is 2.33. The Bertz CT molecular complexity index is 304. The molecular formula is C14H23NO3. The fraction of sp³-hybridized carbons (Fsp3) is 0.857. The molecule has 0 bridgehead atoms. The average Bonchev–Trinajstić information content (AvgIpc) is 2.90. The molecule has 18 heavy (non-hydrogen) atoms. The van der Waals surface area contributed by atoms with Crippen molar-refractivity contribution in [2.24, 2.45) is 11.8 Å². The molecule has 2 aliphatic rings. The van der Waals surface area contributed by atoms with Gasteiger partial charge in [0.15, 0.2) is 0 Å². The maximum atomic E-state index is 12.0. The smallest absolute Gasteiger partial charge is 0.326 e. The Kier molecular flexibility index (Phi) is 4.61. The number of hydrogen-bond acceptors (Lipinski definition) is 2. The Morgan fingerprint density at radius 2 is 1.50 bits per heavy atom. The Labute approximate surface area is 108 Å². The first-order chi connectivity index (χ1) is 8.68. The van der Waals surface area contributed by atoms with Crippen molar-refractivity contribution in [3.05, 3.63) is 0 Å². The van der Waals surface area contributed by atoms with Gasteiger partial charge >= 0.3 is 5.97 Å². The molecule has 4 nitrogen and oxygen atoms in total. The monoisotopic (exact) mass is 253 g/mol. The minimum Gasteiger partial charge on any atom is -0.480 e. The SMILES string of the molecule is O=C(NC(C(=O)O)C1CCCCC1)C1CCCC1. The molecule has 1 unspecified atom stereocenters. The van der Waals surface area contributed by atoms with Gasteiger partial charge in [-0.25, -0.2) is 4.79 Å². The van der Waals surface area contributed by atoms with Crippen LogP contribution in [0.25, 0.3) is 0 Å². The topological polar surface area (TPSA) is 66.4 Å². The van der Waals surface area contributed by atoms with Gasteiger partial charge in [0, 0.05) is 5.92 Å². The van der Waals surface area contributed by atoms with Crippen molar-refractivity contribution in [3.63, 3.8) is 0 Å². The summed E-state index contributed by atoms with van der Waals surface area (Å²) in [6.07, 6.45) is 9.27. The third kappa shape index (κ3) is 3.24. The fourth-order valence-electron chi connectivity index (χ4n) is 3.31. The quantitative estimate of drug-likeness (QED) is 0.808. The highest BCUT2D eigenvalue weighted by atomic mass is 16.4. The van der Waals surface area contributed by atoms with E-state index in [1.54, 1.807) is 0 Å². The summed E-state index contributed by atoms with van der Waals surface area (Å²) in [6.45, 7) is 0. The first kappa shape index (κ1) is 13.4. The molecule has 4 heteroatoms. The van der Waals surface area contributed by atoms with Crippen LogP contribution in [-0.2, 0) is 9.59 Å². The van der Waals surface area contributed by atoms with E-state index in [4.69, 9.17) is 0 Å². The zero-order valence-electron chi connectivity index (χ0n) is 10.9. The van der Waals surface area contributed by atoms with Gasteiger partial charge in [-0.3, -0.25) is 4.79 Å². The van der Waals surface area contributed by atoms with E-state index in [2.05, 4.69) is 5.32 Å². The second kappa shape index (κ2) is 6.21. The van der Waals surface area contributed by atoms with Gasteiger partial charge in [-0.05, 0) is 31.6 Å². The van der Waals surface area contributed by atoms with Gasteiger partial charge in [0.2, 0.25) is 5.91 Å². The third-order valence-corrected chi connectivity index (χ3v) is 4.41. The van der Waals surface area contributed by atoms with Crippen molar-refractivity contribution < 1.29 is 14.7 Å². The summed E-state index contributed by atoms with van der Waals surface area (Å²) in [5.74, 6) is -0.726. The first-order valence-electron chi connectivity index (χ1n) is 7.21. The molecule has 0 heterocycles. The summed E-state index contributed by atoms with van der Waals surface area (Å²) in [6, 6.07) is -0.668. The third-order valence-electron chi connectivity index (χ3n) is 4.41.